The van der Waals surface area contributed by atoms with Crippen molar-refractivity contribution in [2.75, 3.05) is 31.9 Å². The molecule has 0 amide bonds. The van der Waals surface area contributed by atoms with E-state index in [2.05, 4.69) is 48.1 Å². The van der Waals surface area contributed by atoms with Crippen LogP contribution in [0.3, 0.4) is 0 Å². The van der Waals surface area contributed by atoms with E-state index in [-0.39, 0.29) is 0 Å². The summed E-state index contributed by atoms with van der Waals surface area (Å²) in [5.41, 5.74) is 0. The van der Waals surface area contributed by atoms with Crippen LogP contribution in [0.4, 0.5) is 0 Å². The molecule has 2 fully saturated rings. The van der Waals surface area contributed by atoms with Gasteiger partial charge < -0.3 is 10.6 Å². The van der Waals surface area contributed by atoms with Gasteiger partial charge in [0.1, 0.15) is 0 Å². The molecule has 2 aliphatic rings. The lowest BCUT2D eigenvalue weighted by Crippen LogP contribution is -2.44. The van der Waals surface area contributed by atoms with E-state index in [0.717, 1.165) is 43.4 Å². The first-order valence-electron chi connectivity index (χ1n) is 8.60. The summed E-state index contributed by atoms with van der Waals surface area (Å²) in [7, 11) is 0. The molecular formula is C16H32N4S. The average molecular weight is 313 g/mol. The molecule has 21 heavy (non-hydrogen) atoms. The Morgan fingerprint density at radius 3 is 2.67 bits per heavy atom. The molecule has 1 aliphatic heterocycles. The summed E-state index contributed by atoms with van der Waals surface area (Å²) >= 11 is 2.08. The Bertz CT molecular complexity index is 320. The molecule has 1 unspecified atom stereocenters. The molecule has 0 aromatic heterocycles. The van der Waals surface area contributed by atoms with Crippen LogP contribution >= 0.6 is 11.8 Å². The largest absolute Gasteiger partial charge is 0.357 e. The fraction of sp³-hybridized carbons (Fsp3) is 0.938. The molecule has 1 saturated carbocycles. The number of nitrogens with one attached hydrogen (secondary N) is 2. The van der Waals surface area contributed by atoms with Gasteiger partial charge in [-0.3, -0.25) is 9.89 Å². The zero-order valence-corrected chi connectivity index (χ0v) is 14.7. The number of rotatable bonds is 8. The van der Waals surface area contributed by atoms with Crippen LogP contribution in [0.1, 0.15) is 46.5 Å². The number of nitrogens with zero attached hydrogens (tertiary/aromatic N) is 2. The lowest BCUT2D eigenvalue weighted by Gasteiger charge is -2.26. The van der Waals surface area contributed by atoms with Crippen molar-refractivity contribution in [3.8, 4) is 0 Å². The molecule has 2 N–H and O–H groups in total. The summed E-state index contributed by atoms with van der Waals surface area (Å²) < 4.78 is 0. The molecule has 4 nitrogen and oxygen atoms in total. The quantitative estimate of drug-likeness (QED) is 0.533. The minimum absolute atomic E-state index is 0.647. The van der Waals surface area contributed by atoms with Crippen LogP contribution < -0.4 is 10.6 Å². The maximum atomic E-state index is 4.75. The van der Waals surface area contributed by atoms with E-state index in [4.69, 9.17) is 4.99 Å². The van der Waals surface area contributed by atoms with Crippen molar-refractivity contribution in [2.45, 2.75) is 63.8 Å². The predicted octanol–water partition coefficient (Wildman–Crippen LogP) is 2.31. The van der Waals surface area contributed by atoms with Crippen LogP contribution in [0.25, 0.3) is 0 Å². The average Bonchev–Trinajstić information content (AvgIpc) is 3.15. The van der Waals surface area contributed by atoms with Gasteiger partial charge in [0, 0.05) is 37.0 Å². The highest BCUT2D eigenvalue weighted by Gasteiger charge is 2.30. The third kappa shape index (κ3) is 6.07. The van der Waals surface area contributed by atoms with E-state index in [1.165, 1.54) is 31.4 Å². The van der Waals surface area contributed by atoms with E-state index in [1.54, 1.807) is 0 Å². The number of thioether (sulfide) groups is 1. The van der Waals surface area contributed by atoms with E-state index in [1.807, 2.05) is 0 Å². The maximum Gasteiger partial charge on any atom is 0.191 e. The first-order chi connectivity index (χ1) is 10.2. The summed E-state index contributed by atoms with van der Waals surface area (Å²) in [6, 6.07) is 1.48. The van der Waals surface area contributed by atoms with Crippen LogP contribution in [0, 0.1) is 0 Å². The predicted molar refractivity (Wildman–Crippen MR) is 94.3 cm³/mol. The summed E-state index contributed by atoms with van der Waals surface area (Å²) in [4.78, 5) is 7.37. The van der Waals surface area contributed by atoms with Crippen molar-refractivity contribution in [1.29, 1.82) is 0 Å². The molecule has 122 valence electrons. The lowest BCUT2D eigenvalue weighted by molar-refractivity contribution is 0.215. The van der Waals surface area contributed by atoms with Crippen LogP contribution in [-0.2, 0) is 0 Å². The van der Waals surface area contributed by atoms with Gasteiger partial charge in [-0.25, -0.2) is 0 Å². The van der Waals surface area contributed by atoms with Crippen LogP contribution in [0.15, 0.2) is 4.99 Å². The monoisotopic (exact) mass is 312 g/mol. The third-order valence-corrected chi connectivity index (χ3v) is 5.54. The number of hydrogen-bond acceptors (Lipinski definition) is 3. The van der Waals surface area contributed by atoms with Crippen LogP contribution in [-0.4, -0.2) is 60.1 Å². The molecule has 1 aliphatic carbocycles. The SMILES string of the molecule is CCNC(=NCC1CCCS1)NCCN(C(C)C)C1CC1. The Morgan fingerprint density at radius 2 is 2.10 bits per heavy atom. The van der Waals surface area contributed by atoms with Gasteiger partial charge in [0.25, 0.3) is 0 Å². The number of aliphatic imine (C=N–C) groups is 1. The van der Waals surface area contributed by atoms with Crippen molar-refractivity contribution < 1.29 is 0 Å². The summed E-state index contributed by atoms with van der Waals surface area (Å²) in [5.74, 6) is 2.30. The Morgan fingerprint density at radius 1 is 1.29 bits per heavy atom. The Kier molecular flexibility index (Phi) is 7.17. The maximum absolute atomic E-state index is 4.75. The molecular weight excluding hydrogens is 280 g/mol. The molecule has 0 spiro atoms. The first kappa shape index (κ1) is 16.9. The topological polar surface area (TPSA) is 39.7 Å². The Balaban J connectivity index is 1.71. The second-order valence-electron chi connectivity index (χ2n) is 6.34. The molecule has 0 bridgehead atoms. The fourth-order valence-corrected chi connectivity index (χ4v) is 4.08. The van der Waals surface area contributed by atoms with Gasteiger partial charge in [-0.15, -0.1) is 0 Å². The summed E-state index contributed by atoms with van der Waals surface area (Å²) in [6.45, 7) is 10.7. The zero-order valence-electron chi connectivity index (χ0n) is 13.9. The van der Waals surface area contributed by atoms with E-state index < -0.39 is 0 Å². The van der Waals surface area contributed by atoms with Crippen molar-refractivity contribution in [3.05, 3.63) is 0 Å². The standard InChI is InChI=1S/C16H32N4S/c1-4-17-16(19-12-15-6-5-11-21-15)18-9-10-20(13(2)3)14-7-8-14/h13-15H,4-12H2,1-3H3,(H2,17,18,19). The molecule has 0 aromatic carbocycles. The smallest absolute Gasteiger partial charge is 0.191 e. The van der Waals surface area contributed by atoms with Gasteiger partial charge in [-0.1, -0.05) is 0 Å². The normalized spacial score (nSPS) is 23.1. The van der Waals surface area contributed by atoms with Crippen molar-refractivity contribution >= 4 is 17.7 Å². The third-order valence-electron chi connectivity index (χ3n) is 4.16. The van der Waals surface area contributed by atoms with Crippen molar-refractivity contribution in [2.24, 2.45) is 4.99 Å². The van der Waals surface area contributed by atoms with Gasteiger partial charge in [0.2, 0.25) is 0 Å². The highest BCUT2D eigenvalue weighted by molar-refractivity contribution is 8.00. The second kappa shape index (κ2) is 8.89. The molecule has 0 radical (unpaired) electrons. The second-order valence-corrected chi connectivity index (χ2v) is 7.75. The van der Waals surface area contributed by atoms with Gasteiger partial charge in [-0.2, -0.15) is 11.8 Å². The minimum Gasteiger partial charge on any atom is -0.357 e. The molecule has 5 heteroatoms. The summed E-state index contributed by atoms with van der Waals surface area (Å²) in [5, 5.41) is 7.60. The van der Waals surface area contributed by atoms with E-state index in [0.29, 0.717) is 6.04 Å². The number of hydrogen-bond donors (Lipinski definition) is 2. The molecule has 1 saturated heterocycles. The number of guanidine groups is 1. The molecule has 1 atom stereocenters. The molecule has 1 heterocycles. The zero-order chi connectivity index (χ0) is 15.1. The highest BCUT2D eigenvalue weighted by atomic mass is 32.2. The highest BCUT2D eigenvalue weighted by Crippen LogP contribution is 2.28. The lowest BCUT2D eigenvalue weighted by atomic mass is 10.2. The van der Waals surface area contributed by atoms with Crippen LogP contribution in [0.2, 0.25) is 0 Å². The van der Waals surface area contributed by atoms with Crippen molar-refractivity contribution in [1.82, 2.24) is 15.5 Å². The molecule has 0 aromatic rings. The molecule has 2 rings (SSSR count). The van der Waals surface area contributed by atoms with Gasteiger partial charge >= 0.3 is 0 Å². The van der Waals surface area contributed by atoms with E-state index in [9.17, 15) is 0 Å². The van der Waals surface area contributed by atoms with E-state index >= 15 is 0 Å². The fourth-order valence-electron chi connectivity index (χ4n) is 2.90. The Labute approximate surface area is 134 Å². The minimum atomic E-state index is 0.647. The van der Waals surface area contributed by atoms with Gasteiger partial charge in [0.15, 0.2) is 5.96 Å². The van der Waals surface area contributed by atoms with Crippen LogP contribution in [0.5, 0.6) is 0 Å². The van der Waals surface area contributed by atoms with Crippen molar-refractivity contribution in [3.63, 3.8) is 0 Å². The van der Waals surface area contributed by atoms with Gasteiger partial charge in [0.05, 0.1) is 6.54 Å². The summed E-state index contributed by atoms with van der Waals surface area (Å²) in [6.07, 6.45) is 5.45. The Hall–Kier alpha value is -0.420. The first-order valence-corrected chi connectivity index (χ1v) is 9.65. The van der Waals surface area contributed by atoms with Gasteiger partial charge in [-0.05, 0) is 52.2 Å².